The Bertz CT molecular complexity index is 914. The number of nitrogens with zero attached hydrogens (tertiary/aromatic N) is 7. The minimum atomic E-state index is 0.166. The average molecular weight is 382 g/mol. The Morgan fingerprint density at radius 2 is 1.70 bits per heavy atom. The molecular formula is C19H23N7S. The number of rotatable bonds is 5. The van der Waals surface area contributed by atoms with Crippen molar-refractivity contribution in [2.45, 2.75) is 19.6 Å². The van der Waals surface area contributed by atoms with Gasteiger partial charge in [-0.3, -0.25) is 9.47 Å². The first-order valence-corrected chi connectivity index (χ1v) is 9.56. The van der Waals surface area contributed by atoms with Gasteiger partial charge < -0.3 is 4.90 Å². The molecule has 8 heteroatoms. The number of aromatic nitrogens is 5. The van der Waals surface area contributed by atoms with E-state index in [1.54, 1.807) is 12.4 Å². The van der Waals surface area contributed by atoms with E-state index in [1.807, 2.05) is 23.1 Å². The van der Waals surface area contributed by atoms with Crippen molar-refractivity contribution in [1.29, 1.82) is 0 Å². The summed E-state index contributed by atoms with van der Waals surface area (Å²) in [6.45, 7) is 6.52. The van der Waals surface area contributed by atoms with Gasteiger partial charge in [-0.2, -0.15) is 5.10 Å². The van der Waals surface area contributed by atoms with Crippen LogP contribution in [0.15, 0.2) is 55.1 Å². The van der Waals surface area contributed by atoms with Crippen molar-refractivity contribution < 1.29 is 0 Å². The summed E-state index contributed by atoms with van der Waals surface area (Å²) in [5.74, 6) is 0.801. The molecule has 7 nitrogen and oxygen atoms in total. The molecule has 1 saturated heterocycles. The van der Waals surface area contributed by atoms with Gasteiger partial charge in [0, 0.05) is 38.6 Å². The van der Waals surface area contributed by atoms with E-state index in [2.05, 4.69) is 60.6 Å². The Kier molecular flexibility index (Phi) is 5.26. The van der Waals surface area contributed by atoms with E-state index in [1.165, 1.54) is 5.56 Å². The second-order valence-corrected chi connectivity index (χ2v) is 7.07. The molecule has 0 saturated carbocycles. The number of piperazine rings is 1. The standard InChI is InChI=1S/C19H23N7S/c1-16(17-6-3-2-4-7-17)25-14-22-26(19(25)27)15-23-10-12-24(13-11-23)18-20-8-5-9-21-18/h2-9,14,16H,10-13,15H2,1H3. The number of hydrogen-bond acceptors (Lipinski definition) is 6. The Morgan fingerprint density at radius 3 is 2.41 bits per heavy atom. The molecule has 27 heavy (non-hydrogen) atoms. The first kappa shape index (κ1) is 17.8. The summed E-state index contributed by atoms with van der Waals surface area (Å²) < 4.78 is 4.71. The molecule has 4 rings (SSSR count). The van der Waals surface area contributed by atoms with Gasteiger partial charge in [0.05, 0.1) is 12.7 Å². The second kappa shape index (κ2) is 7.98. The third-order valence-electron chi connectivity index (χ3n) is 5.00. The quantitative estimate of drug-likeness (QED) is 0.633. The average Bonchev–Trinajstić information content (AvgIpc) is 3.09. The lowest BCUT2D eigenvalue weighted by atomic mass is 10.1. The third-order valence-corrected chi connectivity index (χ3v) is 5.42. The van der Waals surface area contributed by atoms with Crippen LogP contribution in [0.2, 0.25) is 0 Å². The first-order chi connectivity index (χ1) is 13.2. The summed E-state index contributed by atoms with van der Waals surface area (Å²) in [7, 11) is 0. The van der Waals surface area contributed by atoms with Crippen LogP contribution < -0.4 is 4.90 Å². The predicted molar refractivity (Wildman–Crippen MR) is 107 cm³/mol. The van der Waals surface area contributed by atoms with Gasteiger partial charge in [0.2, 0.25) is 5.95 Å². The smallest absolute Gasteiger partial charge is 0.225 e. The Hall–Kier alpha value is -2.58. The molecule has 1 unspecified atom stereocenters. The highest BCUT2D eigenvalue weighted by Crippen LogP contribution is 2.18. The van der Waals surface area contributed by atoms with Crippen molar-refractivity contribution in [3.63, 3.8) is 0 Å². The van der Waals surface area contributed by atoms with E-state index in [4.69, 9.17) is 12.2 Å². The lowest BCUT2D eigenvalue weighted by Gasteiger charge is -2.34. The third kappa shape index (κ3) is 3.91. The van der Waals surface area contributed by atoms with Crippen LogP contribution in [0.1, 0.15) is 18.5 Å². The molecule has 3 heterocycles. The molecule has 140 valence electrons. The van der Waals surface area contributed by atoms with Crippen LogP contribution in [-0.2, 0) is 6.67 Å². The summed E-state index contributed by atoms with van der Waals surface area (Å²) in [5.41, 5.74) is 1.23. The zero-order valence-electron chi connectivity index (χ0n) is 15.3. The van der Waals surface area contributed by atoms with E-state index in [0.717, 1.165) is 36.9 Å². The van der Waals surface area contributed by atoms with E-state index in [9.17, 15) is 0 Å². The normalized spacial score (nSPS) is 16.4. The summed E-state index contributed by atoms with van der Waals surface area (Å²) in [4.78, 5) is 13.2. The maximum Gasteiger partial charge on any atom is 0.225 e. The van der Waals surface area contributed by atoms with Gasteiger partial charge in [-0.25, -0.2) is 14.6 Å². The van der Waals surface area contributed by atoms with Crippen LogP contribution in [0.25, 0.3) is 0 Å². The van der Waals surface area contributed by atoms with Gasteiger partial charge >= 0.3 is 0 Å². The summed E-state index contributed by atoms with van der Waals surface area (Å²) in [6, 6.07) is 12.4. The summed E-state index contributed by atoms with van der Waals surface area (Å²) in [5, 5.41) is 4.53. The molecule has 3 aromatic rings. The summed E-state index contributed by atoms with van der Waals surface area (Å²) >= 11 is 5.68. The Balaban J connectivity index is 1.40. The second-order valence-electron chi connectivity index (χ2n) is 6.70. The maximum absolute atomic E-state index is 5.68. The van der Waals surface area contributed by atoms with Crippen LogP contribution in [-0.4, -0.2) is 55.4 Å². The van der Waals surface area contributed by atoms with Crippen molar-refractivity contribution in [2.75, 3.05) is 31.1 Å². The lowest BCUT2D eigenvalue weighted by Crippen LogP contribution is -2.47. The van der Waals surface area contributed by atoms with Gasteiger partial charge in [-0.1, -0.05) is 30.3 Å². The molecule has 2 aromatic heterocycles. The van der Waals surface area contributed by atoms with Crippen molar-refractivity contribution >= 4 is 18.2 Å². The van der Waals surface area contributed by atoms with Crippen molar-refractivity contribution in [2.24, 2.45) is 0 Å². The van der Waals surface area contributed by atoms with E-state index in [-0.39, 0.29) is 6.04 Å². The molecule has 1 aromatic carbocycles. The van der Waals surface area contributed by atoms with Crippen LogP contribution >= 0.6 is 12.2 Å². The minimum Gasteiger partial charge on any atom is -0.338 e. The Labute approximate surface area is 163 Å². The largest absolute Gasteiger partial charge is 0.338 e. The molecule has 1 aliphatic heterocycles. The fourth-order valence-corrected chi connectivity index (χ4v) is 3.65. The van der Waals surface area contributed by atoms with E-state index >= 15 is 0 Å². The van der Waals surface area contributed by atoms with Crippen LogP contribution in [0.3, 0.4) is 0 Å². The fourth-order valence-electron chi connectivity index (χ4n) is 3.34. The Morgan fingerprint density at radius 1 is 1.00 bits per heavy atom. The van der Waals surface area contributed by atoms with Gasteiger partial charge in [-0.15, -0.1) is 0 Å². The molecular weight excluding hydrogens is 358 g/mol. The topological polar surface area (TPSA) is 55.0 Å². The lowest BCUT2D eigenvalue weighted by molar-refractivity contribution is 0.193. The predicted octanol–water partition coefficient (Wildman–Crippen LogP) is 2.59. The van der Waals surface area contributed by atoms with E-state index < -0.39 is 0 Å². The van der Waals surface area contributed by atoms with Gasteiger partial charge in [0.15, 0.2) is 4.77 Å². The van der Waals surface area contributed by atoms with Crippen LogP contribution in [0.4, 0.5) is 5.95 Å². The van der Waals surface area contributed by atoms with Crippen LogP contribution in [0, 0.1) is 4.77 Å². The first-order valence-electron chi connectivity index (χ1n) is 9.15. The molecule has 0 N–H and O–H groups in total. The van der Waals surface area contributed by atoms with Gasteiger partial charge in [-0.05, 0) is 30.8 Å². The zero-order chi connectivity index (χ0) is 18.6. The maximum atomic E-state index is 5.68. The highest BCUT2D eigenvalue weighted by molar-refractivity contribution is 7.71. The van der Waals surface area contributed by atoms with Gasteiger partial charge in [0.1, 0.15) is 6.33 Å². The van der Waals surface area contributed by atoms with Crippen molar-refractivity contribution in [3.8, 4) is 0 Å². The zero-order valence-corrected chi connectivity index (χ0v) is 16.2. The van der Waals surface area contributed by atoms with Crippen molar-refractivity contribution in [3.05, 3.63) is 65.5 Å². The number of hydrogen-bond donors (Lipinski definition) is 0. The highest BCUT2D eigenvalue weighted by atomic mass is 32.1. The molecule has 0 amide bonds. The number of benzene rings is 1. The van der Waals surface area contributed by atoms with Crippen molar-refractivity contribution in [1.82, 2.24) is 29.2 Å². The van der Waals surface area contributed by atoms with Gasteiger partial charge in [0.25, 0.3) is 0 Å². The monoisotopic (exact) mass is 381 g/mol. The van der Waals surface area contributed by atoms with Crippen LogP contribution in [0.5, 0.6) is 0 Å². The molecule has 0 spiro atoms. The van der Waals surface area contributed by atoms with E-state index in [0.29, 0.717) is 6.67 Å². The molecule has 0 radical (unpaired) electrons. The molecule has 0 bridgehead atoms. The highest BCUT2D eigenvalue weighted by Gasteiger charge is 2.20. The number of anilines is 1. The SMILES string of the molecule is CC(c1ccccc1)n1cnn(CN2CCN(c3ncccn3)CC2)c1=S. The minimum absolute atomic E-state index is 0.166. The summed E-state index contributed by atoms with van der Waals surface area (Å²) in [6.07, 6.45) is 5.41. The molecule has 1 aliphatic rings. The molecule has 1 atom stereocenters. The molecule has 0 aliphatic carbocycles. The molecule has 1 fully saturated rings. The fraction of sp³-hybridized carbons (Fsp3) is 0.368.